The lowest BCUT2D eigenvalue weighted by atomic mass is 10.1. The van der Waals surface area contributed by atoms with E-state index in [0.29, 0.717) is 17.8 Å². The third-order valence-corrected chi connectivity index (χ3v) is 3.43. The Morgan fingerprint density at radius 2 is 2.32 bits per heavy atom. The molecule has 0 unspecified atom stereocenters. The van der Waals surface area contributed by atoms with Gasteiger partial charge in [-0.05, 0) is 24.6 Å². The van der Waals surface area contributed by atoms with Crippen molar-refractivity contribution in [1.29, 1.82) is 0 Å². The van der Waals surface area contributed by atoms with Crippen molar-refractivity contribution >= 4 is 17.4 Å². The first-order valence-electron chi connectivity index (χ1n) is 5.61. The van der Waals surface area contributed by atoms with Crippen LogP contribution in [0.2, 0.25) is 5.02 Å². The maximum atomic E-state index is 13.0. The van der Waals surface area contributed by atoms with E-state index >= 15 is 0 Å². The minimum Gasteiger partial charge on any atom is -0.296 e. The van der Waals surface area contributed by atoms with E-state index in [-0.39, 0.29) is 22.6 Å². The third-order valence-electron chi connectivity index (χ3n) is 3.14. The molecule has 3 rings (SSSR count). The highest BCUT2D eigenvalue weighted by molar-refractivity contribution is 6.31. The first-order chi connectivity index (χ1) is 9.06. The van der Waals surface area contributed by atoms with Gasteiger partial charge in [-0.15, -0.1) is 0 Å². The number of hydrogen-bond donors (Lipinski definition) is 1. The first kappa shape index (κ1) is 12.1. The quantitative estimate of drug-likeness (QED) is 0.875. The van der Waals surface area contributed by atoms with E-state index in [0.717, 1.165) is 6.07 Å². The molecule has 0 saturated heterocycles. The molecule has 1 aliphatic rings. The summed E-state index contributed by atoms with van der Waals surface area (Å²) in [6, 6.07) is 3.86. The molecule has 1 aromatic heterocycles. The van der Waals surface area contributed by atoms with Crippen molar-refractivity contribution < 1.29 is 13.7 Å². The highest BCUT2D eigenvalue weighted by Gasteiger charge is 2.46. The topological polar surface area (TPSA) is 76.0 Å². The Labute approximate surface area is 111 Å². The molecule has 0 aliphatic heterocycles. The second-order valence-corrected chi connectivity index (χ2v) is 4.83. The number of nitrogens with one attached hydrogen (secondary N) is 1. The molecular formula is C12H8ClFN2O3. The number of ketones is 1. The van der Waals surface area contributed by atoms with E-state index in [1.165, 1.54) is 12.1 Å². The number of carbonyl (C=O) groups is 1. The van der Waals surface area contributed by atoms with Crippen molar-refractivity contribution in [2.24, 2.45) is 5.92 Å². The Morgan fingerprint density at radius 1 is 1.53 bits per heavy atom. The average Bonchev–Trinajstić information content (AvgIpc) is 3.07. The number of rotatable bonds is 3. The van der Waals surface area contributed by atoms with Gasteiger partial charge in [0.1, 0.15) is 5.82 Å². The van der Waals surface area contributed by atoms with Gasteiger partial charge in [0, 0.05) is 17.4 Å². The molecule has 0 bridgehead atoms. The zero-order valence-electron chi connectivity index (χ0n) is 9.52. The van der Waals surface area contributed by atoms with Gasteiger partial charge in [-0.2, -0.15) is 0 Å². The zero-order valence-corrected chi connectivity index (χ0v) is 10.3. The first-order valence-corrected chi connectivity index (χ1v) is 5.99. The lowest BCUT2D eigenvalue weighted by Crippen LogP contribution is -2.04. The van der Waals surface area contributed by atoms with Crippen LogP contribution in [0.15, 0.2) is 27.5 Å². The molecule has 1 aliphatic carbocycles. The van der Waals surface area contributed by atoms with E-state index in [1.807, 2.05) is 0 Å². The van der Waals surface area contributed by atoms with Gasteiger partial charge in [-0.25, -0.2) is 9.18 Å². The van der Waals surface area contributed by atoms with Crippen LogP contribution in [0, 0.1) is 11.7 Å². The maximum Gasteiger partial charge on any atom is 0.438 e. The molecule has 7 heteroatoms. The number of benzene rings is 1. The Hall–Kier alpha value is -1.95. The second kappa shape index (κ2) is 4.31. The zero-order chi connectivity index (χ0) is 13.6. The standard InChI is InChI=1S/C12H8ClFN2O3/c13-8-3-5(1-2-9(8)14)10(17)6-4-7(6)11-15-12(18)19-16-11/h1-3,6-7H,4H2,(H,15,16,18)/t6-,7-/m0/s1. The minimum atomic E-state index is -0.641. The monoisotopic (exact) mass is 282 g/mol. The van der Waals surface area contributed by atoms with Crippen LogP contribution in [0.1, 0.15) is 28.5 Å². The van der Waals surface area contributed by atoms with Gasteiger partial charge in [0.25, 0.3) is 0 Å². The molecule has 2 atom stereocenters. The Balaban J connectivity index is 1.79. The Bertz CT molecular complexity index is 709. The van der Waals surface area contributed by atoms with Gasteiger partial charge in [0.15, 0.2) is 11.6 Å². The average molecular weight is 283 g/mol. The number of aromatic amines is 1. The fourth-order valence-electron chi connectivity index (χ4n) is 2.05. The highest BCUT2D eigenvalue weighted by Crippen LogP contribution is 2.47. The Morgan fingerprint density at radius 3 is 2.95 bits per heavy atom. The van der Waals surface area contributed by atoms with Crippen LogP contribution in [0.4, 0.5) is 4.39 Å². The summed E-state index contributed by atoms with van der Waals surface area (Å²) in [5.41, 5.74) is 0.352. The van der Waals surface area contributed by atoms with Crippen molar-refractivity contribution in [2.45, 2.75) is 12.3 Å². The van der Waals surface area contributed by atoms with E-state index in [9.17, 15) is 14.0 Å². The summed E-state index contributed by atoms with van der Waals surface area (Å²) in [5, 5.41) is 3.47. The van der Waals surface area contributed by atoms with Crippen molar-refractivity contribution in [3.63, 3.8) is 0 Å². The number of aromatic nitrogens is 2. The van der Waals surface area contributed by atoms with Crippen LogP contribution >= 0.6 is 11.6 Å². The van der Waals surface area contributed by atoms with E-state index < -0.39 is 11.6 Å². The van der Waals surface area contributed by atoms with Crippen LogP contribution < -0.4 is 5.76 Å². The minimum absolute atomic E-state index is 0.0853. The predicted octanol–water partition coefficient (Wildman–Crippen LogP) is 2.14. The fourth-order valence-corrected chi connectivity index (χ4v) is 2.23. The molecule has 2 aromatic rings. The van der Waals surface area contributed by atoms with E-state index in [2.05, 4.69) is 14.7 Å². The maximum absolute atomic E-state index is 13.0. The summed E-state index contributed by atoms with van der Waals surface area (Å²) in [7, 11) is 0. The number of hydrogen-bond acceptors (Lipinski definition) is 4. The van der Waals surface area contributed by atoms with Gasteiger partial charge in [-0.3, -0.25) is 14.3 Å². The highest BCUT2D eigenvalue weighted by atomic mass is 35.5. The van der Waals surface area contributed by atoms with Crippen molar-refractivity contribution in [3.8, 4) is 0 Å². The number of H-pyrrole nitrogens is 1. The summed E-state index contributed by atoms with van der Waals surface area (Å²) < 4.78 is 17.4. The van der Waals surface area contributed by atoms with Crippen LogP contribution in [0.5, 0.6) is 0 Å². The third kappa shape index (κ3) is 2.19. The van der Waals surface area contributed by atoms with Crippen LogP contribution in [-0.2, 0) is 0 Å². The molecule has 1 aromatic carbocycles. The van der Waals surface area contributed by atoms with Gasteiger partial charge < -0.3 is 0 Å². The number of halogens is 2. The summed E-state index contributed by atoms with van der Waals surface area (Å²) in [6.07, 6.45) is 0.580. The molecule has 98 valence electrons. The lowest BCUT2D eigenvalue weighted by molar-refractivity contribution is 0.0964. The molecule has 1 heterocycles. The fraction of sp³-hybridized carbons (Fsp3) is 0.250. The Kier molecular flexibility index (Phi) is 2.74. The molecule has 19 heavy (non-hydrogen) atoms. The van der Waals surface area contributed by atoms with Crippen LogP contribution in [-0.4, -0.2) is 15.9 Å². The number of nitrogens with zero attached hydrogens (tertiary/aromatic N) is 1. The lowest BCUT2D eigenvalue weighted by Gasteiger charge is -2.00. The SMILES string of the molecule is O=C(c1ccc(F)c(Cl)c1)[C@H]1C[C@@H]1c1noc(=O)[nH]1. The van der Waals surface area contributed by atoms with Gasteiger partial charge in [0.2, 0.25) is 0 Å². The largest absolute Gasteiger partial charge is 0.438 e. The predicted molar refractivity (Wildman–Crippen MR) is 63.7 cm³/mol. The second-order valence-electron chi connectivity index (χ2n) is 4.42. The number of carbonyl (C=O) groups excluding carboxylic acids is 1. The normalized spacial score (nSPS) is 21.4. The van der Waals surface area contributed by atoms with Gasteiger partial charge in [0.05, 0.1) is 5.02 Å². The van der Waals surface area contributed by atoms with E-state index in [1.54, 1.807) is 0 Å². The summed E-state index contributed by atoms with van der Waals surface area (Å²) in [4.78, 5) is 25.4. The smallest absolute Gasteiger partial charge is 0.296 e. The summed E-state index contributed by atoms with van der Waals surface area (Å²) in [6.45, 7) is 0. The summed E-state index contributed by atoms with van der Waals surface area (Å²) >= 11 is 5.64. The molecule has 0 amide bonds. The molecule has 0 spiro atoms. The molecule has 1 fully saturated rings. The van der Waals surface area contributed by atoms with Crippen LogP contribution in [0.25, 0.3) is 0 Å². The van der Waals surface area contributed by atoms with Crippen molar-refractivity contribution in [2.75, 3.05) is 0 Å². The van der Waals surface area contributed by atoms with Crippen LogP contribution in [0.3, 0.4) is 0 Å². The molecule has 1 saturated carbocycles. The van der Waals surface area contributed by atoms with Crippen molar-refractivity contribution in [3.05, 3.63) is 51.0 Å². The van der Waals surface area contributed by atoms with Gasteiger partial charge in [-0.1, -0.05) is 16.8 Å². The van der Waals surface area contributed by atoms with E-state index in [4.69, 9.17) is 11.6 Å². The molecular weight excluding hydrogens is 275 g/mol. The summed E-state index contributed by atoms with van der Waals surface area (Å²) in [5.74, 6) is -1.40. The molecule has 0 radical (unpaired) electrons. The molecule has 5 nitrogen and oxygen atoms in total. The van der Waals surface area contributed by atoms with Crippen molar-refractivity contribution in [1.82, 2.24) is 10.1 Å². The molecule has 1 N–H and O–H groups in total. The van der Waals surface area contributed by atoms with Gasteiger partial charge >= 0.3 is 5.76 Å². The number of Topliss-reactive ketones (excluding diaryl/α,β-unsaturated/α-hetero) is 1.